The van der Waals surface area contributed by atoms with E-state index >= 15 is 0 Å². The van der Waals surface area contributed by atoms with Gasteiger partial charge in [0, 0.05) is 17.6 Å². The van der Waals surface area contributed by atoms with E-state index in [0.717, 1.165) is 29.6 Å². The van der Waals surface area contributed by atoms with Gasteiger partial charge in [0.1, 0.15) is 0 Å². The summed E-state index contributed by atoms with van der Waals surface area (Å²) in [6, 6.07) is 12.9. The molecule has 138 valence electrons. The van der Waals surface area contributed by atoms with E-state index in [1.807, 2.05) is 24.5 Å². The van der Waals surface area contributed by atoms with Gasteiger partial charge in [0.15, 0.2) is 0 Å². The molecule has 0 spiro atoms. The van der Waals surface area contributed by atoms with E-state index in [0.29, 0.717) is 6.04 Å². The van der Waals surface area contributed by atoms with Crippen LogP contribution in [0.4, 0.5) is 5.69 Å². The van der Waals surface area contributed by atoms with Gasteiger partial charge in [-0.3, -0.25) is 0 Å². The van der Waals surface area contributed by atoms with E-state index in [4.69, 9.17) is 16.6 Å². The monoisotopic (exact) mass is 368 g/mol. The minimum atomic E-state index is 0.487. The third kappa shape index (κ3) is 4.88. The molecule has 2 aromatic carbocycles. The average molecular weight is 369 g/mol. The van der Waals surface area contributed by atoms with Gasteiger partial charge in [-0.2, -0.15) is 0 Å². The Kier molecular flexibility index (Phi) is 6.03. The van der Waals surface area contributed by atoms with Crippen LogP contribution >= 0.6 is 11.6 Å². The fraction of sp³-hybridized carbons (Fsp3) is 0.435. The number of aryl methyl sites for hydroxylation is 2. The topological polar surface area (TPSA) is 15.6 Å². The summed E-state index contributed by atoms with van der Waals surface area (Å²) in [5.41, 5.74) is 6.10. The molecule has 1 aliphatic rings. The number of aliphatic imine (C=N–C) groups is 1. The molecule has 1 saturated carbocycles. The van der Waals surface area contributed by atoms with E-state index in [9.17, 15) is 0 Å². The smallest absolute Gasteiger partial charge is 0.0914 e. The van der Waals surface area contributed by atoms with Crippen molar-refractivity contribution in [2.75, 3.05) is 6.54 Å². The molecule has 0 N–H and O–H groups in total. The molecular formula is C23H29ClN2. The van der Waals surface area contributed by atoms with Crippen LogP contribution in [0.15, 0.2) is 41.4 Å². The summed E-state index contributed by atoms with van der Waals surface area (Å²) in [7, 11) is 0. The van der Waals surface area contributed by atoms with Gasteiger partial charge in [-0.05, 0) is 93.3 Å². The van der Waals surface area contributed by atoms with Crippen LogP contribution in [0, 0.1) is 19.8 Å². The molecule has 2 aromatic rings. The lowest BCUT2D eigenvalue weighted by molar-refractivity contribution is 0.346. The van der Waals surface area contributed by atoms with E-state index < -0.39 is 0 Å². The predicted octanol–water partition coefficient (Wildman–Crippen LogP) is 6.33. The maximum Gasteiger partial charge on any atom is 0.0914 e. The van der Waals surface area contributed by atoms with Crippen LogP contribution in [0.1, 0.15) is 48.9 Å². The summed E-state index contributed by atoms with van der Waals surface area (Å²) < 4.78 is 0. The molecule has 0 saturated heterocycles. The van der Waals surface area contributed by atoms with Crippen molar-refractivity contribution in [2.45, 2.75) is 53.0 Å². The zero-order valence-electron chi connectivity index (χ0n) is 16.3. The van der Waals surface area contributed by atoms with Crippen molar-refractivity contribution in [2.24, 2.45) is 10.9 Å². The summed E-state index contributed by atoms with van der Waals surface area (Å²) in [5, 5.41) is 0.834. The second-order valence-electron chi connectivity index (χ2n) is 7.80. The summed E-state index contributed by atoms with van der Waals surface area (Å²) in [5.74, 6) is 0.866. The van der Waals surface area contributed by atoms with Crippen LogP contribution in [0.5, 0.6) is 0 Å². The molecule has 26 heavy (non-hydrogen) atoms. The van der Waals surface area contributed by atoms with Crippen molar-refractivity contribution in [1.82, 2.24) is 4.90 Å². The van der Waals surface area contributed by atoms with Crippen LogP contribution in [0.2, 0.25) is 5.02 Å². The number of halogens is 1. The number of benzene rings is 2. The Morgan fingerprint density at radius 2 is 1.81 bits per heavy atom. The fourth-order valence-corrected chi connectivity index (χ4v) is 3.49. The Balaban J connectivity index is 1.78. The van der Waals surface area contributed by atoms with Gasteiger partial charge in [0.2, 0.25) is 0 Å². The first-order valence-corrected chi connectivity index (χ1v) is 9.95. The van der Waals surface area contributed by atoms with E-state index in [-0.39, 0.29) is 0 Å². The fourth-order valence-electron chi connectivity index (χ4n) is 3.29. The van der Waals surface area contributed by atoms with Crippen molar-refractivity contribution in [3.63, 3.8) is 0 Å². The Labute approximate surface area is 162 Å². The maximum absolute atomic E-state index is 6.34. The van der Waals surface area contributed by atoms with Crippen LogP contribution in [-0.4, -0.2) is 23.8 Å². The van der Waals surface area contributed by atoms with E-state index in [1.54, 1.807) is 0 Å². The molecule has 2 nitrogen and oxygen atoms in total. The van der Waals surface area contributed by atoms with Crippen molar-refractivity contribution < 1.29 is 0 Å². The SMILES string of the molecule is Cc1cc(N=CN(CC2CC2)C(C)C)cc(C)c1Cc1ccccc1Cl. The molecule has 0 heterocycles. The highest BCUT2D eigenvalue weighted by molar-refractivity contribution is 6.31. The molecule has 3 heteroatoms. The van der Waals surface area contributed by atoms with E-state index in [1.165, 1.54) is 35.1 Å². The van der Waals surface area contributed by atoms with Gasteiger partial charge in [-0.1, -0.05) is 29.8 Å². The molecule has 0 amide bonds. The van der Waals surface area contributed by atoms with Crippen LogP contribution in [0.25, 0.3) is 0 Å². The third-order valence-corrected chi connectivity index (χ3v) is 5.56. The highest BCUT2D eigenvalue weighted by atomic mass is 35.5. The molecule has 0 radical (unpaired) electrons. The molecule has 0 aromatic heterocycles. The van der Waals surface area contributed by atoms with Gasteiger partial charge in [-0.15, -0.1) is 0 Å². The van der Waals surface area contributed by atoms with Crippen LogP contribution in [0.3, 0.4) is 0 Å². The lowest BCUT2D eigenvalue weighted by Crippen LogP contribution is -2.31. The lowest BCUT2D eigenvalue weighted by atomic mass is 9.95. The Morgan fingerprint density at radius 1 is 1.15 bits per heavy atom. The van der Waals surface area contributed by atoms with Crippen LogP contribution in [-0.2, 0) is 6.42 Å². The summed E-state index contributed by atoms with van der Waals surface area (Å²) in [4.78, 5) is 7.13. The van der Waals surface area contributed by atoms with Crippen molar-refractivity contribution in [1.29, 1.82) is 0 Å². The summed E-state index contributed by atoms with van der Waals surface area (Å²) >= 11 is 6.34. The molecule has 0 aliphatic heterocycles. The Hall–Kier alpha value is -1.80. The zero-order valence-corrected chi connectivity index (χ0v) is 17.1. The van der Waals surface area contributed by atoms with Crippen molar-refractivity contribution >= 4 is 23.6 Å². The summed E-state index contributed by atoms with van der Waals surface area (Å²) in [6.45, 7) is 9.93. The van der Waals surface area contributed by atoms with E-state index in [2.05, 4.69) is 50.8 Å². The first kappa shape index (κ1) is 19.0. The molecule has 0 unspecified atom stereocenters. The highest BCUT2D eigenvalue weighted by Gasteiger charge is 2.24. The highest BCUT2D eigenvalue weighted by Crippen LogP contribution is 2.30. The molecule has 1 aliphatic carbocycles. The maximum atomic E-state index is 6.34. The van der Waals surface area contributed by atoms with Crippen LogP contribution < -0.4 is 0 Å². The normalized spacial score (nSPS) is 14.4. The molecule has 3 rings (SSSR count). The second kappa shape index (κ2) is 8.26. The molecule has 1 fully saturated rings. The standard InChI is InChI=1S/C23H29ClN2/c1-16(2)26(14-19-9-10-19)15-25-21-11-17(3)22(18(4)12-21)13-20-7-5-6-8-23(20)24/h5-8,11-12,15-16,19H,9-10,13-14H2,1-4H3. The molecule has 0 atom stereocenters. The number of hydrogen-bond donors (Lipinski definition) is 0. The average Bonchev–Trinajstić information content (AvgIpc) is 3.40. The van der Waals surface area contributed by atoms with Crippen molar-refractivity contribution in [3.8, 4) is 0 Å². The Bertz CT molecular complexity index is 768. The molecular weight excluding hydrogens is 340 g/mol. The minimum absolute atomic E-state index is 0.487. The zero-order chi connectivity index (χ0) is 18.7. The van der Waals surface area contributed by atoms with Gasteiger partial charge in [0.25, 0.3) is 0 Å². The lowest BCUT2D eigenvalue weighted by Gasteiger charge is -2.23. The third-order valence-electron chi connectivity index (χ3n) is 5.19. The first-order valence-electron chi connectivity index (χ1n) is 9.57. The van der Waals surface area contributed by atoms with Crippen molar-refractivity contribution in [3.05, 3.63) is 63.7 Å². The van der Waals surface area contributed by atoms with Gasteiger partial charge in [0.05, 0.1) is 12.0 Å². The predicted molar refractivity (Wildman–Crippen MR) is 113 cm³/mol. The number of hydrogen-bond acceptors (Lipinski definition) is 1. The Morgan fingerprint density at radius 3 is 2.38 bits per heavy atom. The minimum Gasteiger partial charge on any atom is -0.360 e. The number of rotatable bonds is 7. The first-order chi connectivity index (χ1) is 12.4. The number of nitrogens with zero attached hydrogens (tertiary/aromatic N) is 2. The second-order valence-corrected chi connectivity index (χ2v) is 8.21. The summed E-state index contributed by atoms with van der Waals surface area (Å²) in [6.07, 6.45) is 5.63. The van der Waals surface area contributed by atoms with Gasteiger partial charge < -0.3 is 4.90 Å². The molecule has 0 bridgehead atoms. The van der Waals surface area contributed by atoms with Gasteiger partial charge in [-0.25, -0.2) is 4.99 Å². The quantitative estimate of drug-likeness (QED) is 0.412. The largest absolute Gasteiger partial charge is 0.360 e. The van der Waals surface area contributed by atoms with Gasteiger partial charge >= 0.3 is 0 Å².